The fourth-order valence-electron chi connectivity index (χ4n) is 1.96. The summed E-state index contributed by atoms with van der Waals surface area (Å²) in [5.41, 5.74) is -1.88. The highest BCUT2D eigenvalue weighted by atomic mass is 19.1. The highest BCUT2D eigenvalue weighted by molar-refractivity contribution is 5.79. The number of methoxy groups -OCH3 is 1. The lowest BCUT2D eigenvalue weighted by Crippen LogP contribution is -2.48. The Morgan fingerprint density at radius 3 is 2.32 bits per heavy atom. The van der Waals surface area contributed by atoms with Gasteiger partial charge in [-0.3, -0.25) is 4.90 Å². The van der Waals surface area contributed by atoms with Crippen LogP contribution in [0.2, 0.25) is 0 Å². The van der Waals surface area contributed by atoms with Crippen molar-refractivity contribution in [2.24, 2.45) is 0 Å². The lowest BCUT2D eigenvalue weighted by Gasteiger charge is -2.36. The van der Waals surface area contributed by atoms with Crippen molar-refractivity contribution >= 4 is 12.4 Å². The molecule has 1 rings (SSSR count). The van der Waals surface area contributed by atoms with Crippen LogP contribution in [0.25, 0.3) is 0 Å². The van der Waals surface area contributed by atoms with Crippen molar-refractivity contribution in [3.63, 3.8) is 0 Å². The number of carbonyl (C=O) groups is 2. The minimum atomic E-state index is -1.42. The van der Waals surface area contributed by atoms with Gasteiger partial charge in [-0.2, -0.15) is 0 Å². The quantitative estimate of drug-likeness (QED) is 0.802. The first-order chi connectivity index (χ1) is 10.1. The Morgan fingerprint density at radius 1 is 1.27 bits per heavy atom. The molecule has 1 unspecified atom stereocenters. The summed E-state index contributed by atoms with van der Waals surface area (Å²) in [6.07, 6.45) is -0.123. The lowest BCUT2D eigenvalue weighted by molar-refractivity contribution is -0.117. The average Bonchev–Trinajstić information content (AvgIpc) is 2.43. The third-order valence-electron chi connectivity index (χ3n) is 3.31. The second-order valence-electron chi connectivity index (χ2n) is 6.13. The molecule has 1 aromatic carbocycles. The molecule has 1 amide bonds. The maximum atomic E-state index is 13.9. The van der Waals surface area contributed by atoms with Crippen LogP contribution >= 0.6 is 0 Å². The molecule has 0 aromatic heterocycles. The zero-order valence-electron chi connectivity index (χ0n) is 13.8. The molecule has 0 aliphatic rings. The van der Waals surface area contributed by atoms with E-state index in [-0.39, 0.29) is 11.3 Å². The van der Waals surface area contributed by atoms with Crippen molar-refractivity contribution in [2.75, 3.05) is 14.2 Å². The number of ether oxygens (including phenoxy) is 2. The van der Waals surface area contributed by atoms with Crippen LogP contribution < -0.4 is 4.74 Å². The zero-order valence-corrected chi connectivity index (χ0v) is 13.8. The number of likely N-dealkylation sites (N-methyl/N-ethyl adjacent to an activating group) is 1. The first-order valence-corrected chi connectivity index (χ1v) is 6.83. The van der Waals surface area contributed by atoms with Crippen LogP contribution in [0.5, 0.6) is 5.75 Å². The Hall–Kier alpha value is -2.11. The van der Waals surface area contributed by atoms with Gasteiger partial charge in [-0.1, -0.05) is 12.1 Å². The SMILES string of the molecule is COc1c(F)cccc1C(C)(C=O)N(C)C(=O)OC(C)(C)C. The van der Waals surface area contributed by atoms with E-state index in [1.807, 2.05) is 0 Å². The molecule has 22 heavy (non-hydrogen) atoms. The summed E-state index contributed by atoms with van der Waals surface area (Å²) in [6, 6.07) is 4.22. The van der Waals surface area contributed by atoms with Crippen molar-refractivity contribution < 1.29 is 23.5 Å². The Balaban J connectivity index is 3.30. The molecule has 0 bridgehead atoms. The number of benzene rings is 1. The maximum Gasteiger partial charge on any atom is 0.411 e. The number of amides is 1. The highest BCUT2D eigenvalue weighted by Gasteiger charge is 2.39. The minimum absolute atomic E-state index is 0.0764. The van der Waals surface area contributed by atoms with Crippen LogP contribution in [-0.2, 0) is 15.1 Å². The molecule has 5 nitrogen and oxygen atoms in total. The molecule has 6 heteroatoms. The number of hydrogen-bond acceptors (Lipinski definition) is 4. The number of carbonyl (C=O) groups excluding carboxylic acids is 2. The van der Waals surface area contributed by atoms with E-state index in [4.69, 9.17) is 9.47 Å². The molecule has 0 N–H and O–H groups in total. The summed E-state index contributed by atoms with van der Waals surface area (Å²) in [5, 5.41) is 0. The van der Waals surface area contributed by atoms with Crippen LogP contribution in [0.4, 0.5) is 9.18 Å². The summed E-state index contributed by atoms with van der Waals surface area (Å²) >= 11 is 0. The van der Waals surface area contributed by atoms with Gasteiger partial charge in [0.05, 0.1) is 7.11 Å². The molecule has 1 atom stereocenters. The fraction of sp³-hybridized carbons (Fsp3) is 0.500. The van der Waals surface area contributed by atoms with Gasteiger partial charge in [0, 0.05) is 12.6 Å². The Bertz CT molecular complexity index is 568. The van der Waals surface area contributed by atoms with Gasteiger partial charge in [0.2, 0.25) is 0 Å². The number of para-hydroxylation sites is 1. The Labute approximate surface area is 130 Å². The van der Waals surface area contributed by atoms with Crippen molar-refractivity contribution in [3.05, 3.63) is 29.6 Å². The molecule has 0 aliphatic carbocycles. The highest BCUT2D eigenvalue weighted by Crippen LogP contribution is 2.35. The molecule has 0 saturated carbocycles. The molecular formula is C16H22FNO4. The van der Waals surface area contributed by atoms with E-state index in [0.717, 1.165) is 4.90 Å². The van der Waals surface area contributed by atoms with Crippen LogP contribution in [0.1, 0.15) is 33.3 Å². The van der Waals surface area contributed by atoms with Crippen molar-refractivity contribution in [3.8, 4) is 5.75 Å². The van der Waals surface area contributed by atoms with Gasteiger partial charge in [0.15, 0.2) is 11.6 Å². The second-order valence-corrected chi connectivity index (χ2v) is 6.13. The summed E-state index contributed by atoms with van der Waals surface area (Å²) in [4.78, 5) is 25.1. The first-order valence-electron chi connectivity index (χ1n) is 6.83. The predicted molar refractivity (Wildman–Crippen MR) is 80.4 cm³/mol. The Kier molecular flexibility index (Phi) is 5.17. The number of halogens is 1. The van der Waals surface area contributed by atoms with Gasteiger partial charge in [-0.15, -0.1) is 0 Å². The predicted octanol–water partition coefficient (Wildman–Crippen LogP) is 3.12. The second kappa shape index (κ2) is 6.34. The van der Waals surface area contributed by atoms with E-state index in [0.29, 0.717) is 6.29 Å². The van der Waals surface area contributed by atoms with E-state index in [1.165, 1.54) is 39.3 Å². The van der Waals surface area contributed by atoms with E-state index >= 15 is 0 Å². The molecule has 122 valence electrons. The third-order valence-corrected chi connectivity index (χ3v) is 3.31. The summed E-state index contributed by atoms with van der Waals surface area (Å²) in [7, 11) is 2.73. The monoisotopic (exact) mass is 311 g/mol. The van der Waals surface area contributed by atoms with Gasteiger partial charge in [-0.05, 0) is 33.8 Å². The molecule has 1 aromatic rings. The maximum absolute atomic E-state index is 13.9. The van der Waals surface area contributed by atoms with Crippen LogP contribution in [0, 0.1) is 5.82 Å². The van der Waals surface area contributed by atoms with Crippen molar-refractivity contribution in [1.82, 2.24) is 4.90 Å². The van der Waals surface area contributed by atoms with Crippen molar-refractivity contribution in [1.29, 1.82) is 0 Å². The number of aldehydes is 1. The average molecular weight is 311 g/mol. The van der Waals surface area contributed by atoms with Crippen LogP contribution in [0.3, 0.4) is 0 Å². The van der Waals surface area contributed by atoms with Gasteiger partial charge in [0.1, 0.15) is 17.4 Å². The Morgan fingerprint density at radius 2 is 1.86 bits per heavy atom. The molecule has 0 heterocycles. The molecule has 0 spiro atoms. The molecule has 0 aliphatic heterocycles. The molecular weight excluding hydrogens is 289 g/mol. The largest absolute Gasteiger partial charge is 0.493 e. The topological polar surface area (TPSA) is 55.8 Å². The lowest BCUT2D eigenvalue weighted by atomic mass is 9.91. The van der Waals surface area contributed by atoms with E-state index in [1.54, 1.807) is 20.8 Å². The van der Waals surface area contributed by atoms with E-state index in [2.05, 4.69) is 0 Å². The van der Waals surface area contributed by atoms with Gasteiger partial charge >= 0.3 is 6.09 Å². The molecule has 0 radical (unpaired) electrons. The molecule has 0 fully saturated rings. The van der Waals surface area contributed by atoms with Crippen LogP contribution in [-0.4, -0.2) is 37.0 Å². The number of rotatable bonds is 4. The minimum Gasteiger partial charge on any atom is -0.493 e. The van der Waals surface area contributed by atoms with E-state index in [9.17, 15) is 14.0 Å². The first kappa shape index (κ1) is 17.9. The van der Waals surface area contributed by atoms with Crippen molar-refractivity contribution in [2.45, 2.75) is 38.8 Å². The van der Waals surface area contributed by atoms with E-state index < -0.39 is 23.1 Å². The van der Waals surface area contributed by atoms with Gasteiger partial charge < -0.3 is 14.3 Å². The summed E-state index contributed by atoms with van der Waals surface area (Å²) < 4.78 is 24.2. The van der Waals surface area contributed by atoms with Crippen LogP contribution in [0.15, 0.2) is 18.2 Å². The third kappa shape index (κ3) is 3.55. The zero-order chi connectivity index (χ0) is 17.1. The summed E-state index contributed by atoms with van der Waals surface area (Å²) in [5.74, 6) is -0.682. The standard InChI is InChI=1S/C16H22FNO4/c1-15(2,3)22-14(20)18(5)16(4,10-19)11-8-7-9-12(17)13(11)21-6/h7-10H,1-6H3. The number of hydrogen-bond donors (Lipinski definition) is 0. The fourth-order valence-corrected chi connectivity index (χ4v) is 1.96. The smallest absolute Gasteiger partial charge is 0.411 e. The summed E-state index contributed by atoms with van der Waals surface area (Å²) in [6.45, 7) is 6.67. The number of nitrogens with zero attached hydrogens (tertiary/aromatic N) is 1. The normalized spacial score (nSPS) is 14.0. The molecule has 0 saturated heterocycles. The van der Waals surface area contributed by atoms with Gasteiger partial charge in [-0.25, -0.2) is 9.18 Å². The van der Waals surface area contributed by atoms with Gasteiger partial charge in [0.25, 0.3) is 0 Å².